The van der Waals surface area contributed by atoms with E-state index in [2.05, 4.69) is 5.32 Å². The second-order valence-corrected chi connectivity index (χ2v) is 5.87. The highest BCUT2D eigenvalue weighted by atomic mass is 16.4. The Morgan fingerprint density at radius 1 is 1.28 bits per heavy atom. The van der Waals surface area contributed by atoms with Gasteiger partial charge >= 0.3 is 5.97 Å². The zero-order valence-electron chi connectivity index (χ0n) is 13.7. The van der Waals surface area contributed by atoms with Crippen molar-refractivity contribution in [1.82, 2.24) is 5.32 Å². The van der Waals surface area contributed by atoms with E-state index >= 15 is 0 Å². The van der Waals surface area contributed by atoms with Crippen molar-refractivity contribution in [3.05, 3.63) is 53.0 Å². The average molecular weight is 342 g/mol. The second kappa shape index (κ2) is 6.80. The highest BCUT2D eigenvalue weighted by Gasteiger charge is 2.25. The van der Waals surface area contributed by atoms with E-state index in [9.17, 15) is 14.4 Å². The number of fused-ring (bicyclic) bond motifs is 1. The number of nitrogens with one attached hydrogen (secondary N) is 1. The van der Waals surface area contributed by atoms with Crippen LogP contribution in [0, 0.1) is 6.92 Å². The number of amides is 2. The van der Waals surface area contributed by atoms with Gasteiger partial charge in [0.25, 0.3) is 0 Å². The van der Waals surface area contributed by atoms with E-state index in [-0.39, 0.29) is 36.2 Å². The van der Waals surface area contributed by atoms with E-state index in [1.54, 1.807) is 6.92 Å². The summed E-state index contributed by atoms with van der Waals surface area (Å²) in [6, 6.07) is 8.91. The summed E-state index contributed by atoms with van der Waals surface area (Å²) in [5.41, 5.74) is 1.88. The smallest absolute Gasteiger partial charge is 0.339 e. The van der Waals surface area contributed by atoms with E-state index in [0.717, 1.165) is 11.3 Å². The largest absolute Gasteiger partial charge is 0.478 e. The molecule has 0 unspecified atom stereocenters. The van der Waals surface area contributed by atoms with Gasteiger partial charge in [-0.15, -0.1) is 0 Å². The highest BCUT2D eigenvalue weighted by molar-refractivity contribution is 6.01. The van der Waals surface area contributed by atoms with Gasteiger partial charge in [-0.3, -0.25) is 9.59 Å². The SMILES string of the molecule is Cc1oc(CNC(=O)CN2C(=O)CCc3ccccc32)cc1C(=O)O. The van der Waals surface area contributed by atoms with Crippen molar-refractivity contribution in [3.8, 4) is 0 Å². The van der Waals surface area contributed by atoms with Gasteiger partial charge in [0, 0.05) is 12.1 Å². The van der Waals surface area contributed by atoms with Gasteiger partial charge in [-0.1, -0.05) is 18.2 Å². The van der Waals surface area contributed by atoms with Gasteiger partial charge in [-0.25, -0.2) is 4.79 Å². The molecule has 0 spiro atoms. The van der Waals surface area contributed by atoms with Gasteiger partial charge < -0.3 is 19.7 Å². The molecule has 7 nitrogen and oxygen atoms in total. The van der Waals surface area contributed by atoms with Gasteiger partial charge in [0.05, 0.1) is 6.54 Å². The maximum Gasteiger partial charge on any atom is 0.339 e. The van der Waals surface area contributed by atoms with E-state index in [0.29, 0.717) is 18.6 Å². The molecule has 2 aromatic rings. The van der Waals surface area contributed by atoms with Crippen LogP contribution in [0.4, 0.5) is 5.69 Å². The number of anilines is 1. The number of para-hydroxylation sites is 1. The first-order valence-corrected chi connectivity index (χ1v) is 7.93. The van der Waals surface area contributed by atoms with Crippen molar-refractivity contribution in [1.29, 1.82) is 0 Å². The summed E-state index contributed by atoms with van der Waals surface area (Å²) in [6.07, 6.45) is 1.06. The molecule has 25 heavy (non-hydrogen) atoms. The minimum absolute atomic E-state index is 0.0661. The molecule has 1 aliphatic heterocycles. The Hall–Kier alpha value is -3.09. The van der Waals surface area contributed by atoms with Crippen LogP contribution >= 0.6 is 0 Å². The molecule has 2 N–H and O–H groups in total. The number of furan rings is 1. The summed E-state index contributed by atoms with van der Waals surface area (Å²) < 4.78 is 5.32. The number of carboxylic acids is 1. The molecule has 1 aromatic heterocycles. The monoisotopic (exact) mass is 342 g/mol. The zero-order valence-corrected chi connectivity index (χ0v) is 13.7. The molecule has 0 atom stereocenters. The van der Waals surface area contributed by atoms with Crippen molar-refractivity contribution in [2.45, 2.75) is 26.3 Å². The molecular weight excluding hydrogens is 324 g/mol. The second-order valence-electron chi connectivity index (χ2n) is 5.87. The molecule has 3 rings (SSSR count). The minimum atomic E-state index is -1.07. The first kappa shape index (κ1) is 16.8. The lowest BCUT2D eigenvalue weighted by molar-refractivity contribution is -0.124. The standard InChI is InChI=1S/C18H18N2O5/c1-11-14(18(23)24)8-13(25-11)9-19-16(21)10-20-15-5-3-2-4-12(15)6-7-17(20)22/h2-5,8H,6-7,9-10H2,1H3,(H,19,21)(H,23,24). The molecule has 0 bridgehead atoms. The number of rotatable bonds is 5. The summed E-state index contributed by atoms with van der Waals surface area (Å²) in [5, 5.41) is 11.7. The van der Waals surface area contributed by atoms with Gasteiger partial charge in [0.1, 0.15) is 23.6 Å². The number of carbonyl (C=O) groups excluding carboxylic acids is 2. The average Bonchev–Trinajstić information content (AvgIpc) is 2.97. The number of nitrogens with zero attached hydrogens (tertiary/aromatic N) is 1. The third kappa shape index (κ3) is 3.55. The van der Waals surface area contributed by atoms with Crippen LogP contribution in [0.3, 0.4) is 0 Å². The molecule has 2 heterocycles. The molecule has 130 valence electrons. The Bertz CT molecular complexity index is 840. The Morgan fingerprint density at radius 3 is 2.76 bits per heavy atom. The number of aryl methyl sites for hydroxylation is 2. The minimum Gasteiger partial charge on any atom is -0.478 e. The quantitative estimate of drug-likeness (QED) is 0.864. The van der Waals surface area contributed by atoms with Crippen molar-refractivity contribution in [2.24, 2.45) is 0 Å². The van der Waals surface area contributed by atoms with Gasteiger partial charge in [-0.05, 0) is 31.0 Å². The van der Waals surface area contributed by atoms with Crippen LogP contribution in [0.15, 0.2) is 34.7 Å². The van der Waals surface area contributed by atoms with Crippen LogP contribution in [0.5, 0.6) is 0 Å². The number of carboxylic acid groups (broad SMARTS) is 1. The maximum atomic E-state index is 12.2. The highest BCUT2D eigenvalue weighted by Crippen LogP contribution is 2.27. The lowest BCUT2D eigenvalue weighted by Crippen LogP contribution is -2.42. The summed E-state index contributed by atoms with van der Waals surface area (Å²) in [6.45, 7) is 1.54. The first-order valence-electron chi connectivity index (χ1n) is 7.93. The number of carbonyl (C=O) groups is 3. The molecule has 2 amide bonds. The Kier molecular flexibility index (Phi) is 4.56. The first-order chi connectivity index (χ1) is 12.0. The molecule has 7 heteroatoms. The zero-order chi connectivity index (χ0) is 18.0. The van der Waals surface area contributed by atoms with Crippen LogP contribution in [-0.2, 0) is 22.6 Å². The molecule has 1 aromatic carbocycles. The third-order valence-corrected chi connectivity index (χ3v) is 4.15. The lowest BCUT2D eigenvalue weighted by atomic mass is 10.0. The Balaban J connectivity index is 1.64. The number of hydrogen-bond acceptors (Lipinski definition) is 4. The number of hydrogen-bond donors (Lipinski definition) is 2. The van der Waals surface area contributed by atoms with E-state index in [4.69, 9.17) is 9.52 Å². The topological polar surface area (TPSA) is 99.9 Å². The fraction of sp³-hybridized carbons (Fsp3) is 0.278. The lowest BCUT2D eigenvalue weighted by Gasteiger charge is -2.28. The normalized spacial score (nSPS) is 13.5. The van der Waals surface area contributed by atoms with Gasteiger partial charge in [-0.2, -0.15) is 0 Å². The molecule has 0 aliphatic carbocycles. The van der Waals surface area contributed by atoms with Crippen molar-refractivity contribution in [3.63, 3.8) is 0 Å². The molecule has 0 saturated carbocycles. The van der Waals surface area contributed by atoms with Crippen molar-refractivity contribution in [2.75, 3.05) is 11.4 Å². The molecule has 1 aliphatic rings. The maximum absolute atomic E-state index is 12.2. The van der Waals surface area contributed by atoms with Crippen LogP contribution in [-0.4, -0.2) is 29.4 Å². The molecule has 0 fully saturated rings. The van der Waals surface area contributed by atoms with Gasteiger partial charge in [0.2, 0.25) is 11.8 Å². The van der Waals surface area contributed by atoms with Crippen LogP contribution in [0.25, 0.3) is 0 Å². The fourth-order valence-electron chi connectivity index (χ4n) is 2.90. The summed E-state index contributed by atoms with van der Waals surface area (Å²) in [7, 11) is 0. The van der Waals surface area contributed by atoms with Crippen molar-refractivity contribution >= 4 is 23.5 Å². The third-order valence-electron chi connectivity index (χ3n) is 4.15. The summed E-state index contributed by atoms with van der Waals surface area (Å²) >= 11 is 0. The van der Waals surface area contributed by atoms with Crippen LogP contribution < -0.4 is 10.2 Å². The summed E-state index contributed by atoms with van der Waals surface area (Å²) in [5.74, 6) is -0.855. The van der Waals surface area contributed by atoms with E-state index < -0.39 is 5.97 Å². The van der Waals surface area contributed by atoms with Crippen LogP contribution in [0.2, 0.25) is 0 Å². The predicted molar refractivity (Wildman–Crippen MR) is 89.4 cm³/mol. The number of benzene rings is 1. The summed E-state index contributed by atoms with van der Waals surface area (Å²) in [4.78, 5) is 36.8. The van der Waals surface area contributed by atoms with Gasteiger partial charge in [0.15, 0.2) is 0 Å². The molecule has 0 saturated heterocycles. The van der Waals surface area contributed by atoms with Crippen LogP contribution in [0.1, 0.15) is 33.9 Å². The predicted octanol–water partition coefficient (Wildman–Crippen LogP) is 1.88. The molecular formula is C18H18N2O5. The Morgan fingerprint density at radius 2 is 2.04 bits per heavy atom. The molecule has 0 radical (unpaired) electrons. The van der Waals surface area contributed by atoms with Crippen molar-refractivity contribution < 1.29 is 23.9 Å². The Labute approximate surface area is 144 Å². The van der Waals surface area contributed by atoms with E-state index in [1.165, 1.54) is 11.0 Å². The number of aromatic carboxylic acids is 1. The van der Waals surface area contributed by atoms with E-state index in [1.807, 2.05) is 24.3 Å². The fourth-order valence-corrected chi connectivity index (χ4v) is 2.90.